The molecule has 3 aromatic carbocycles. The zero-order valence-corrected chi connectivity index (χ0v) is 16.9. The zero-order chi connectivity index (χ0) is 21.0. The number of carboxylic acid groups (broad SMARTS) is 1. The van der Waals surface area contributed by atoms with Gasteiger partial charge in [-0.15, -0.1) is 0 Å². The molecular weight excluding hydrogens is 390 g/mol. The number of aryl methyl sites for hydroxylation is 1. The molecule has 0 aliphatic heterocycles. The molecule has 1 N–H and O–H groups in total. The van der Waals surface area contributed by atoms with E-state index in [1.54, 1.807) is 19.1 Å². The van der Waals surface area contributed by atoms with Gasteiger partial charge in [0.25, 0.3) is 10.0 Å². The maximum absolute atomic E-state index is 13.2. The summed E-state index contributed by atoms with van der Waals surface area (Å²) >= 11 is 0. The van der Waals surface area contributed by atoms with Crippen molar-refractivity contribution in [3.8, 4) is 16.9 Å². The normalized spacial score (nSPS) is 11.1. The number of hydrogen-bond donors (Lipinski definition) is 1. The predicted octanol–water partition coefficient (Wildman–Crippen LogP) is 3.95. The van der Waals surface area contributed by atoms with Crippen molar-refractivity contribution in [2.45, 2.75) is 11.8 Å². The van der Waals surface area contributed by atoms with Gasteiger partial charge in [-0.3, -0.25) is 4.31 Å². The summed E-state index contributed by atoms with van der Waals surface area (Å²) in [4.78, 5) is 10.8. The zero-order valence-electron chi connectivity index (χ0n) is 16.1. The van der Waals surface area contributed by atoms with Crippen LogP contribution in [-0.2, 0) is 14.8 Å². The summed E-state index contributed by atoms with van der Waals surface area (Å²) in [6.45, 7) is 1.19. The molecule has 0 aliphatic rings. The highest BCUT2D eigenvalue weighted by Crippen LogP contribution is 2.33. The van der Waals surface area contributed by atoms with Gasteiger partial charge in [-0.25, -0.2) is 13.2 Å². The Morgan fingerprint density at radius 1 is 1.00 bits per heavy atom. The van der Waals surface area contributed by atoms with Gasteiger partial charge < -0.3 is 9.84 Å². The molecule has 3 rings (SSSR count). The Bertz CT molecular complexity index is 1130. The fourth-order valence-electron chi connectivity index (χ4n) is 2.98. The van der Waals surface area contributed by atoms with Gasteiger partial charge in [0, 0.05) is 12.6 Å². The summed E-state index contributed by atoms with van der Waals surface area (Å²) in [6, 6.07) is 21.2. The standard InChI is InChI=1S/C22H21NO5S/c1-16-14-18(12-13-21(16)28-15-22(24)25)29(26,27)23(2)20-11-7-6-10-19(20)17-8-4-3-5-9-17/h3-14H,15H2,1-2H3,(H,24,25). The lowest BCUT2D eigenvalue weighted by Gasteiger charge is -2.23. The molecule has 0 heterocycles. The predicted molar refractivity (Wildman–Crippen MR) is 112 cm³/mol. The van der Waals surface area contributed by atoms with Crippen LogP contribution in [0.4, 0.5) is 5.69 Å². The molecular formula is C22H21NO5S. The molecule has 3 aromatic rings. The molecule has 0 spiro atoms. The van der Waals surface area contributed by atoms with Crippen LogP contribution in [0.1, 0.15) is 5.56 Å². The lowest BCUT2D eigenvalue weighted by atomic mass is 10.0. The van der Waals surface area contributed by atoms with Gasteiger partial charge in [0.1, 0.15) is 5.75 Å². The molecule has 0 atom stereocenters. The number of rotatable bonds is 7. The molecule has 0 saturated carbocycles. The summed E-state index contributed by atoms with van der Waals surface area (Å²) in [5.74, 6) is -0.767. The Morgan fingerprint density at radius 2 is 1.66 bits per heavy atom. The molecule has 150 valence electrons. The van der Waals surface area contributed by atoms with Crippen molar-refractivity contribution in [2.24, 2.45) is 0 Å². The SMILES string of the molecule is Cc1cc(S(=O)(=O)N(C)c2ccccc2-c2ccccc2)ccc1OCC(=O)O. The van der Waals surface area contributed by atoms with Gasteiger partial charge in [-0.05, 0) is 42.3 Å². The molecule has 0 unspecified atom stereocenters. The Hall–Kier alpha value is -3.32. The average molecular weight is 411 g/mol. The summed E-state index contributed by atoms with van der Waals surface area (Å²) in [5, 5.41) is 8.74. The number of sulfonamides is 1. The molecule has 0 amide bonds. The summed E-state index contributed by atoms with van der Waals surface area (Å²) in [5.41, 5.74) is 2.82. The Balaban J connectivity index is 1.97. The lowest BCUT2D eigenvalue weighted by molar-refractivity contribution is -0.139. The topological polar surface area (TPSA) is 83.9 Å². The van der Waals surface area contributed by atoms with Crippen molar-refractivity contribution in [1.82, 2.24) is 0 Å². The smallest absolute Gasteiger partial charge is 0.341 e. The van der Waals surface area contributed by atoms with Crippen LogP contribution in [0.5, 0.6) is 5.75 Å². The Kier molecular flexibility index (Phi) is 5.89. The average Bonchev–Trinajstić information content (AvgIpc) is 2.72. The third-order valence-electron chi connectivity index (χ3n) is 4.48. The molecule has 29 heavy (non-hydrogen) atoms. The summed E-state index contributed by atoms with van der Waals surface area (Å²) in [7, 11) is -2.32. The van der Waals surface area contributed by atoms with Crippen LogP contribution in [0, 0.1) is 6.92 Å². The summed E-state index contributed by atoms with van der Waals surface area (Å²) in [6.07, 6.45) is 0. The number of carbonyl (C=O) groups is 1. The van der Waals surface area contributed by atoms with Crippen molar-refractivity contribution >= 4 is 21.7 Å². The van der Waals surface area contributed by atoms with Crippen LogP contribution in [0.25, 0.3) is 11.1 Å². The number of carboxylic acids is 1. The van der Waals surface area contributed by atoms with E-state index < -0.39 is 22.6 Å². The fraction of sp³-hybridized carbons (Fsp3) is 0.136. The van der Waals surface area contributed by atoms with Crippen molar-refractivity contribution in [3.63, 3.8) is 0 Å². The number of ether oxygens (including phenoxy) is 1. The van der Waals surface area contributed by atoms with E-state index in [4.69, 9.17) is 9.84 Å². The van der Waals surface area contributed by atoms with E-state index in [-0.39, 0.29) is 4.90 Å². The second-order valence-electron chi connectivity index (χ2n) is 6.47. The van der Waals surface area contributed by atoms with Crippen molar-refractivity contribution in [2.75, 3.05) is 18.0 Å². The number of anilines is 1. The van der Waals surface area contributed by atoms with E-state index in [9.17, 15) is 13.2 Å². The molecule has 0 bridgehead atoms. The van der Waals surface area contributed by atoms with E-state index in [1.807, 2.05) is 42.5 Å². The summed E-state index contributed by atoms with van der Waals surface area (Å²) < 4.78 is 32.9. The maximum atomic E-state index is 13.2. The quantitative estimate of drug-likeness (QED) is 0.636. The molecule has 0 saturated heterocycles. The van der Waals surface area contributed by atoms with Gasteiger partial charge >= 0.3 is 5.97 Å². The molecule has 6 nitrogen and oxygen atoms in total. The first-order valence-electron chi connectivity index (χ1n) is 8.89. The van der Waals surface area contributed by atoms with Gasteiger partial charge in [0.2, 0.25) is 0 Å². The van der Waals surface area contributed by atoms with E-state index in [0.717, 1.165) is 11.1 Å². The van der Waals surface area contributed by atoms with Crippen LogP contribution in [0.2, 0.25) is 0 Å². The van der Waals surface area contributed by atoms with Gasteiger partial charge in [0.15, 0.2) is 6.61 Å². The van der Waals surface area contributed by atoms with Crippen LogP contribution >= 0.6 is 0 Å². The van der Waals surface area contributed by atoms with Gasteiger partial charge in [0.05, 0.1) is 10.6 Å². The van der Waals surface area contributed by atoms with E-state index in [0.29, 0.717) is 17.0 Å². The second kappa shape index (κ2) is 8.36. The van der Waals surface area contributed by atoms with Crippen LogP contribution in [0.15, 0.2) is 77.7 Å². The number of nitrogens with zero attached hydrogens (tertiary/aromatic N) is 1. The maximum Gasteiger partial charge on any atom is 0.341 e. The van der Waals surface area contributed by atoms with Gasteiger partial charge in [-0.2, -0.15) is 0 Å². The Morgan fingerprint density at radius 3 is 2.31 bits per heavy atom. The number of hydrogen-bond acceptors (Lipinski definition) is 4. The largest absolute Gasteiger partial charge is 0.482 e. The number of benzene rings is 3. The minimum absolute atomic E-state index is 0.100. The van der Waals surface area contributed by atoms with E-state index >= 15 is 0 Å². The van der Waals surface area contributed by atoms with Crippen molar-refractivity contribution in [3.05, 3.63) is 78.4 Å². The third-order valence-corrected chi connectivity index (χ3v) is 6.25. The first-order valence-corrected chi connectivity index (χ1v) is 10.3. The molecule has 7 heteroatoms. The highest BCUT2D eigenvalue weighted by molar-refractivity contribution is 7.92. The monoisotopic (exact) mass is 411 g/mol. The van der Waals surface area contributed by atoms with Crippen molar-refractivity contribution in [1.29, 1.82) is 0 Å². The van der Waals surface area contributed by atoms with Gasteiger partial charge in [-0.1, -0.05) is 48.5 Å². The Labute approximate surface area is 170 Å². The third kappa shape index (κ3) is 4.41. The van der Waals surface area contributed by atoms with E-state index in [2.05, 4.69) is 0 Å². The lowest BCUT2D eigenvalue weighted by Crippen LogP contribution is -2.27. The van der Waals surface area contributed by atoms with Crippen LogP contribution < -0.4 is 9.04 Å². The van der Waals surface area contributed by atoms with Crippen LogP contribution in [0.3, 0.4) is 0 Å². The molecule has 0 aliphatic carbocycles. The minimum atomic E-state index is -3.83. The van der Waals surface area contributed by atoms with Crippen LogP contribution in [-0.4, -0.2) is 33.1 Å². The highest BCUT2D eigenvalue weighted by Gasteiger charge is 2.24. The minimum Gasteiger partial charge on any atom is -0.482 e. The number of para-hydroxylation sites is 1. The molecule has 0 fully saturated rings. The second-order valence-corrected chi connectivity index (χ2v) is 8.43. The number of aliphatic carboxylic acids is 1. The molecule has 0 aromatic heterocycles. The fourth-order valence-corrected chi connectivity index (χ4v) is 4.28. The first-order chi connectivity index (χ1) is 13.8. The first kappa shape index (κ1) is 20.4. The van der Waals surface area contributed by atoms with E-state index in [1.165, 1.54) is 29.6 Å². The highest BCUT2D eigenvalue weighted by atomic mass is 32.2. The van der Waals surface area contributed by atoms with Crippen molar-refractivity contribution < 1.29 is 23.1 Å². The molecule has 0 radical (unpaired) electrons.